The Balaban J connectivity index is 1.10. The summed E-state index contributed by atoms with van der Waals surface area (Å²) in [5, 5.41) is 19.0. The number of unbranched alkanes of at least 4 members (excludes halogenated alkanes) is 1. The maximum atomic E-state index is 12.6. The summed E-state index contributed by atoms with van der Waals surface area (Å²) >= 11 is 2.09. The summed E-state index contributed by atoms with van der Waals surface area (Å²) in [4.78, 5) is 37.5. The Hall–Kier alpha value is -4.53. The Bertz CT molecular complexity index is 1760. The Morgan fingerprint density at radius 1 is 0.896 bits per heavy atom. The smallest absolute Gasteiger partial charge is 0.252 e. The van der Waals surface area contributed by atoms with Gasteiger partial charge in [-0.2, -0.15) is 4.99 Å². The van der Waals surface area contributed by atoms with Crippen molar-refractivity contribution in [3.8, 4) is 0 Å². The SMILES string of the molecule is Cc1nccn1Cc1cccc(CC(=O)N=C(N)SC(=N)CCCCC(N)SC(=N)NC(=O)Cc2cccc(Cn3ccnc3C)c2)c1. The van der Waals surface area contributed by atoms with Gasteiger partial charge in [-0.15, -0.1) is 0 Å². The first-order valence-electron chi connectivity index (χ1n) is 15.6. The molecule has 2 aromatic heterocycles. The fourth-order valence-corrected chi connectivity index (χ4v) is 6.38. The normalized spacial score (nSPS) is 12.1. The molecule has 0 aliphatic carbocycles. The molecular weight excluding hydrogens is 645 g/mol. The standard InChI is InChI=1S/C34H42N10O2S2/c1-23-39-13-15-43(23)21-27-9-5-7-25(17-27)19-31(45)41-33(37)47-29(35)11-3-4-12-30(36)48-34(38)42-32(46)20-26-8-6-10-28(18-26)22-44-16-14-40-24(44)2/h5-10,13-18,29,36H,3-4,11-12,19-22,35H2,1-2H3,(H2,37,41,45)(H2,38,42,46). The van der Waals surface area contributed by atoms with E-state index in [1.54, 1.807) is 12.4 Å². The Morgan fingerprint density at radius 3 is 2.02 bits per heavy atom. The lowest BCUT2D eigenvalue weighted by Crippen LogP contribution is -2.32. The predicted molar refractivity (Wildman–Crippen MR) is 194 cm³/mol. The van der Waals surface area contributed by atoms with Crippen LogP contribution in [0.15, 0.2) is 78.3 Å². The molecule has 2 amide bonds. The molecule has 0 saturated carbocycles. The number of thioether (sulfide) groups is 2. The second kappa shape index (κ2) is 18.1. The molecule has 0 saturated heterocycles. The molecule has 1 atom stereocenters. The topological polar surface area (TPSA) is 194 Å². The van der Waals surface area contributed by atoms with E-state index in [0.29, 0.717) is 37.4 Å². The lowest BCUT2D eigenvalue weighted by Gasteiger charge is -2.13. The molecule has 2 heterocycles. The van der Waals surface area contributed by atoms with Crippen molar-refractivity contribution < 1.29 is 9.59 Å². The van der Waals surface area contributed by atoms with Crippen LogP contribution in [0.2, 0.25) is 0 Å². The van der Waals surface area contributed by atoms with Crippen molar-refractivity contribution in [2.45, 2.75) is 70.8 Å². The molecular formula is C34H42N10O2S2. The second-order valence-corrected chi connectivity index (χ2v) is 13.7. The highest BCUT2D eigenvalue weighted by Crippen LogP contribution is 2.17. The average Bonchev–Trinajstić information content (AvgIpc) is 3.61. The largest absolute Gasteiger partial charge is 0.378 e. The minimum Gasteiger partial charge on any atom is -0.378 e. The molecule has 0 aliphatic heterocycles. The summed E-state index contributed by atoms with van der Waals surface area (Å²) in [7, 11) is 0. The number of amidine groups is 2. The van der Waals surface area contributed by atoms with Crippen molar-refractivity contribution >= 4 is 50.7 Å². The third kappa shape index (κ3) is 12.2. The summed E-state index contributed by atoms with van der Waals surface area (Å²) in [6.45, 7) is 5.23. The third-order valence-corrected chi connectivity index (χ3v) is 9.01. The van der Waals surface area contributed by atoms with Crippen molar-refractivity contribution in [2.24, 2.45) is 16.5 Å². The van der Waals surface area contributed by atoms with Crippen LogP contribution in [0.5, 0.6) is 0 Å². The summed E-state index contributed by atoms with van der Waals surface area (Å²) in [6, 6.07) is 15.6. The van der Waals surface area contributed by atoms with Gasteiger partial charge < -0.3 is 25.9 Å². The quantitative estimate of drug-likeness (QED) is 0.0542. The molecule has 2 aromatic carbocycles. The molecule has 0 bridgehead atoms. The lowest BCUT2D eigenvalue weighted by atomic mass is 10.1. The number of hydrogen-bond acceptors (Lipinski definition) is 9. The highest BCUT2D eigenvalue weighted by atomic mass is 32.2. The molecule has 4 rings (SSSR count). The molecule has 252 valence electrons. The summed E-state index contributed by atoms with van der Waals surface area (Å²) in [6.07, 6.45) is 10.1. The number of carbonyl (C=O) groups excluding carboxylic acids is 2. The Morgan fingerprint density at radius 2 is 1.46 bits per heavy atom. The molecule has 48 heavy (non-hydrogen) atoms. The minimum absolute atomic E-state index is 0.00895. The van der Waals surface area contributed by atoms with Crippen LogP contribution in [0, 0.1) is 24.7 Å². The number of rotatable bonds is 14. The highest BCUT2D eigenvalue weighted by Gasteiger charge is 2.13. The highest BCUT2D eigenvalue weighted by molar-refractivity contribution is 8.26. The van der Waals surface area contributed by atoms with Gasteiger partial charge in [0, 0.05) is 37.9 Å². The van der Waals surface area contributed by atoms with Crippen LogP contribution in [0.1, 0.15) is 59.6 Å². The van der Waals surface area contributed by atoms with Gasteiger partial charge in [-0.05, 0) is 67.1 Å². The van der Waals surface area contributed by atoms with Crippen LogP contribution in [0.25, 0.3) is 0 Å². The van der Waals surface area contributed by atoms with Crippen LogP contribution in [0.4, 0.5) is 0 Å². The van der Waals surface area contributed by atoms with Gasteiger partial charge in [0.2, 0.25) is 5.91 Å². The first-order valence-corrected chi connectivity index (χ1v) is 17.3. The number of nitrogens with two attached hydrogens (primary N) is 2. The number of imidazole rings is 2. The maximum Gasteiger partial charge on any atom is 0.252 e. The average molecular weight is 687 g/mol. The Labute approximate surface area is 289 Å². The maximum absolute atomic E-state index is 12.6. The van der Waals surface area contributed by atoms with Crippen molar-refractivity contribution in [3.05, 3.63) is 107 Å². The minimum atomic E-state index is -0.367. The van der Waals surface area contributed by atoms with Gasteiger partial charge in [-0.3, -0.25) is 20.4 Å². The molecule has 12 nitrogen and oxygen atoms in total. The van der Waals surface area contributed by atoms with Crippen molar-refractivity contribution in [2.75, 3.05) is 0 Å². The van der Waals surface area contributed by atoms with Crippen molar-refractivity contribution in [3.63, 3.8) is 0 Å². The fraction of sp³-hybridized carbons (Fsp3) is 0.324. The van der Waals surface area contributed by atoms with Gasteiger partial charge in [-0.1, -0.05) is 66.7 Å². The van der Waals surface area contributed by atoms with E-state index in [1.165, 1.54) is 0 Å². The number of nitrogens with one attached hydrogen (secondary N) is 3. The molecule has 0 radical (unpaired) electrons. The van der Waals surface area contributed by atoms with Gasteiger partial charge in [0.15, 0.2) is 10.3 Å². The summed E-state index contributed by atoms with van der Waals surface area (Å²) in [5.41, 5.74) is 16.0. The van der Waals surface area contributed by atoms with E-state index >= 15 is 0 Å². The molecule has 0 aliphatic rings. The number of hydrogen-bond donors (Lipinski definition) is 5. The molecule has 0 spiro atoms. The van der Waals surface area contributed by atoms with E-state index in [0.717, 1.165) is 63.8 Å². The molecule has 4 aromatic rings. The molecule has 7 N–H and O–H groups in total. The first-order chi connectivity index (χ1) is 23.0. The van der Waals surface area contributed by atoms with E-state index in [9.17, 15) is 9.59 Å². The van der Waals surface area contributed by atoms with E-state index < -0.39 is 0 Å². The Kier molecular flexibility index (Phi) is 13.7. The van der Waals surface area contributed by atoms with Gasteiger partial charge in [0.1, 0.15) is 11.6 Å². The number of amides is 2. The number of aromatic nitrogens is 4. The van der Waals surface area contributed by atoms with Crippen molar-refractivity contribution in [1.29, 1.82) is 10.8 Å². The zero-order valence-electron chi connectivity index (χ0n) is 27.2. The van der Waals surface area contributed by atoms with E-state index in [-0.39, 0.29) is 40.4 Å². The summed E-state index contributed by atoms with van der Waals surface area (Å²) < 4.78 is 4.07. The monoisotopic (exact) mass is 686 g/mol. The molecule has 0 fully saturated rings. The second-order valence-electron chi connectivity index (χ2n) is 11.3. The number of nitrogens with zero attached hydrogens (tertiary/aromatic N) is 5. The van der Waals surface area contributed by atoms with E-state index in [1.807, 2.05) is 83.9 Å². The van der Waals surface area contributed by atoms with Gasteiger partial charge >= 0.3 is 0 Å². The predicted octanol–water partition coefficient (Wildman–Crippen LogP) is 4.76. The van der Waals surface area contributed by atoms with Crippen LogP contribution in [0.3, 0.4) is 0 Å². The lowest BCUT2D eigenvalue weighted by molar-refractivity contribution is -0.119. The number of aliphatic imine (C=N–C) groups is 1. The van der Waals surface area contributed by atoms with Crippen molar-refractivity contribution in [1.82, 2.24) is 24.4 Å². The third-order valence-electron chi connectivity index (χ3n) is 7.38. The van der Waals surface area contributed by atoms with Gasteiger partial charge in [-0.25, -0.2) is 9.97 Å². The van der Waals surface area contributed by atoms with Gasteiger partial charge in [0.25, 0.3) is 5.91 Å². The van der Waals surface area contributed by atoms with Gasteiger partial charge in [0.05, 0.1) is 23.3 Å². The van der Waals surface area contributed by atoms with Crippen LogP contribution in [-0.4, -0.2) is 51.7 Å². The van der Waals surface area contributed by atoms with E-state index in [4.69, 9.17) is 22.3 Å². The van der Waals surface area contributed by atoms with Crippen LogP contribution < -0.4 is 16.8 Å². The number of aryl methyl sites for hydroxylation is 2. The van der Waals surface area contributed by atoms with E-state index in [2.05, 4.69) is 20.3 Å². The zero-order chi connectivity index (χ0) is 34.5. The molecule has 14 heteroatoms. The summed E-state index contributed by atoms with van der Waals surface area (Å²) in [5.74, 6) is 1.21. The number of carbonyl (C=O) groups is 2. The van der Waals surface area contributed by atoms with Crippen LogP contribution in [-0.2, 0) is 35.5 Å². The fourth-order valence-electron chi connectivity index (χ4n) is 4.98. The van der Waals surface area contributed by atoms with Crippen LogP contribution >= 0.6 is 23.5 Å². The molecule has 1 unspecified atom stereocenters. The number of benzene rings is 2. The first kappa shape index (κ1) is 36.3. The zero-order valence-corrected chi connectivity index (χ0v) is 28.8.